The monoisotopic (exact) mass is 263 g/mol. The number of non-ortho nitro benzene ring substituents is 1. The molecule has 0 saturated heterocycles. The quantitative estimate of drug-likeness (QED) is 0.503. The third kappa shape index (κ3) is 3.79. The van der Waals surface area contributed by atoms with Crippen LogP contribution in [0.1, 0.15) is 58.4 Å². The van der Waals surface area contributed by atoms with Crippen molar-refractivity contribution >= 4 is 5.69 Å². The predicted molar refractivity (Wildman–Crippen MR) is 79.4 cm³/mol. The summed E-state index contributed by atoms with van der Waals surface area (Å²) in [5.74, 6) is 1.75. The van der Waals surface area contributed by atoms with Crippen molar-refractivity contribution in [1.29, 1.82) is 0 Å². The predicted octanol–water partition coefficient (Wildman–Crippen LogP) is 5.16. The number of hydrogen-bond donors (Lipinski definition) is 0. The average molecular weight is 263 g/mol. The number of benzene rings is 1. The van der Waals surface area contributed by atoms with Gasteiger partial charge in [0.2, 0.25) is 0 Å². The van der Waals surface area contributed by atoms with Crippen molar-refractivity contribution in [2.24, 2.45) is 11.8 Å². The van der Waals surface area contributed by atoms with Crippen molar-refractivity contribution in [3.05, 3.63) is 39.9 Å². The molecule has 0 aliphatic carbocycles. The van der Waals surface area contributed by atoms with Gasteiger partial charge in [-0.2, -0.15) is 0 Å². The van der Waals surface area contributed by atoms with E-state index in [0.717, 1.165) is 19.3 Å². The summed E-state index contributed by atoms with van der Waals surface area (Å²) in [6.07, 6.45) is 3.45. The van der Waals surface area contributed by atoms with Gasteiger partial charge in [0.15, 0.2) is 0 Å². The van der Waals surface area contributed by atoms with Crippen LogP contribution in [-0.4, -0.2) is 4.92 Å². The first-order chi connectivity index (χ1) is 9.04. The molecule has 0 amide bonds. The summed E-state index contributed by atoms with van der Waals surface area (Å²) in [7, 11) is 0. The summed E-state index contributed by atoms with van der Waals surface area (Å²) in [6.45, 7) is 8.96. The Morgan fingerprint density at radius 3 is 1.95 bits per heavy atom. The number of hydrogen-bond acceptors (Lipinski definition) is 2. The van der Waals surface area contributed by atoms with E-state index < -0.39 is 0 Å². The fourth-order valence-electron chi connectivity index (χ4n) is 2.93. The van der Waals surface area contributed by atoms with Crippen molar-refractivity contribution < 1.29 is 4.92 Å². The molecule has 1 aromatic rings. The summed E-state index contributed by atoms with van der Waals surface area (Å²) >= 11 is 0. The second-order valence-electron chi connectivity index (χ2n) is 5.34. The minimum absolute atomic E-state index is 0.177. The second kappa shape index (κ2) is 7.27. The molecule has 0 N–H and O–H groups in total. The minimum atomic E-state index is -0.334. The van der Waals surface area contributed by atoms with Crippen LogP contribution in [0.4, 0.5) is 5.69 Å². The van der Waals surface area contributed by atoms with Crippen LogP contribution in [0.2, 0.25) is 0 Å². The molecule has 0 aromatic heterocycles. The van der Waals surface area contributed by atoms with E-state index in [2.05, 4.69) is 27.7 Å². The van der Waals surface area contributed by atoms with E-state index in [1.165, 1.54) is 5.56 Å². The van der Waals surface area contributed by atoms with E-state index in [4.69, 9.17) is 0 Å². The summed E-state index contributed by atoms with van der Waals surface area (Å²) in [6, 6.07) is 7.14. The van der Waals surface area contributed by atoms with Gasteiger partial charge in [0.1, 0.15) is 0 Å². The highest BCUT2D eigenvalue weighted by Crippen LogP contribution is 2.37. The SMILES string of the molecule is CCC(C)C(c1ccc([N+](=O)[O-])cc1)C(CC)CC. The Bertz CT molecular complexity index is 396. The van der Waals surface area contributed by atoms with Gasteiger partial charge in [-0.15, -0.1) is 0 Å². The van der Waals surface area contributed by atoms with E-state index in [-0.39, 0.29) is 10.6 Å². The first kappa shape index (κ1) is 15.7. The molecule has 0 aliphatic rings. The fourth-order valence-corrected chi connectivity index (χ4v) is 2.93. The Kier molecular flexibility index (Phi) is 6.00. The van der Waals surface area contributed by atoms with Crippen molar-refractivity contribution in [3.8, 4) is 0 Å². The Morgan fingerprint density at radius 1 is 1.05 bits per heavy atom. The Hall–Kier alpha value is -1.38. The maximum absolute atomic E-state index is 10.7. The standard InChI is InChI=1S/C16H25NO2/c1-5-12(4)16(13(6-2)7-3)14-8-10-15(11-9-14)17(18)19/h8-13,16H,5-7H2,1-4H3. The molecule has 0 heterocycles. The zero-order valence-electron chi connectivity index (χ0n) is 12.4. The molecule has 0 bridgehead atoms. The first-order valence-corrected chi connectivity index (χ1v) is 7.29. The van der Waals surface area contributed by atoms with Gasteiger partial charge in [0.05, 0.1) is 4.92 Å². The van der Waals surface area contributed by atoms with Gasteiger partial charge in [-0.1, -0.05) is 59.1 Å². The lowest BCUT2D eigenvalue weighted by atomic mass is 9.74. The normalized spacial score (nSPS) is 14.4. The molecule has 0 spiro atoms. The van der Waals surface area contributed by atoms with E-state index >= 15 is 0 Å². The van der Waals surface area contributed by atoms with Crippen LogP contribution in [0, 0.1) is 22.0 Å². The van der Waals surface area contributed by atoms with Crippen LogP contribution < -0.4 is 0 Å². The van der Waals surface area contributed by atoms with Gasteiger partial charge >= 0.3 is 0 Å². The lowest BCUT2D eigenvalue weighted by Crippen LogP contribution is -2.19. The number of nitrogens with zero attached hydrogens (tertiary/aromatic N) is 1. The van der Waals surface area contributed by atoms with E-state index in [1.807, 2.05) is 12.1 Å². The maximum atomic E-state index is 10.7. The van der Waals surface area contributed by atoms with Crippen molar-refractivity contribution in [1.82, 2.24) is 0 Å². The van der Waals surface area contributed by atoms with Gasteiger partial charge in [-0.3, -0.25) is 10.1 Å². The van der Waals surface area contributed by atoms with Crippen molar-refractivity contribution in [3.63, 3.8) is 0 Å². The second-order valence-corrected chi connectivity index (χ2v) is 5.34. The molecule has 3 heteroatoms. The number of rotatable bonds is 7. The Balaban J connectivity index is 3.06. The molecule has 0 aliphatic heterocycles. The molecule has 3 nitrogen and oxygen atoms in total. The van der Waals surface area contributed by atoms with Crippen LogP contribution in [0.15, 0.2) is 24.3 Å². The Morgan fingerprint density at radius 2 is 1.58 bits per heavy atom. The molecule has 0 saturated carbocycles. The molecule has 0 radical (unpaired) electrons. The smallest absolute Gasteiger partial charge is 0.258 e. The van der Waals surface area contributed by atoms with Crippen LogP contribution >= 0.6 is 0 Å². The fraction of sp³-hybridized carbons (Fsp3) is 0.625. The van der Waals surface area contributed by atoms with Crippen molar-refractivity contribution in [2.45, 2.75) is 52.9 Å². The van der Waals surface area contributed by atoms with E-state index in [1.54, 1.807) is 12.1 Å². The highest BCUT2D eigenvalue weighted by molar-refractivity contribution is 5.34. The van der Waals surface area contributed by atoms with E-state index in [0.29, 0.717) is 17.8 Å². The molecular formula is C16H25NO2. The van der Waals surface area contributed by atoms with E-state index in [9.17, 15) is 10.1 Å². The van der Waals surface area contributed by atoms with Gasteiger partial charge in [-0.05, 0) is 23.3 Å². The van der Waals surface area contributed by atoms with Crippen molar-refractivity contribution in [2.75, 3.05) is 0 Å². The van der Waals surface area contributed by atoms with Gasteiger partial charge in [0, 0.05) is 12.1 Å². The molecule has 2 atom stereocenters. The zero-order chi connectivity index (χ0) is 14.4. The largest absolute Gasteiger partial charge is 0.269 e. The third-order valence-electron chi connectivity index (χ3n) is 4.30. The molecule has 19 heavy (non-hydrogen) atoms. The van der Waals surface area contributed by atoms with Crippen LogP contribution in [0.25, 0.3) is 0 Å². The molecule has 0 fully saturated rings. The zero-order valence-corrected chi connectivity index (χ0v) is 12.4. The van der Waals surface area contributed by atoms with Gasteiger partial charge in [-0.25, -0.2) is 0 Å². The third-order valence-corrected chi connectivity index (χ3v) is 4.30. The first-order valence-electron chi connectivity index (χ1n) is 7.29. The highest BCUT2D eigenvalue weighted by Gasteiger charge is 2.25. The summed E-state index contributed by atoms with van der Waals surface area (Å²) in [5.41, 5.74) is 1.42. The molecule has 1 rings (SSSR count). The molecular weight excluding hydrogens is 238 g/mol. The molecule has 106 valence electrons. The molecule has 1 aromatic carbocycles. The van der Waals surface area contributed by atoms with Crippen LogP contribution in [-0.2, 0) is 0 Å². The lowest BCUT2D eigenvalue weighted by molar-refractivity contribution is -0.384. The van der Waals surface area contributed by atoms with Crippen LogP contribution in [0.3, 0.4) is 0 Å². The summed E-state index contributed by atoms with van der Waals surface area (Å²) in [5, 5.41) is 10.7. The topological polar surface area (TPSA) is 43.1 Å². The Labute approximate surface area is 116 Å². The number of nitro benzene ring substituents is 1. The molecule has 2 unspecified atom stereocenters. The average Bonchev–Trinajstić information content (AvgIpc) is 2.44. The van der Waals surface area contributed by atoms with Crippen LogP contribution in [0.5, 0.6) is 0 Å². The summed E-state index contributed by atoms with van der Waals surface area (Å²) in [4.78, 5) is 10.4. The lowest BCUT2D eigenvalue weighted by Gasteiger charge is -2.30. The highest BCUT2D eigenvalue weighted by atomic mass is 16.6. The number of nitro groups is 1. The van der Waals surface area contributed by atoms with Gasteiger partial charge < -0.3 is 0 Å². The summed E-state index contributed by atoms with van der Waals surface area (Å²) < 4.78 is 0. The van der Waals surface area contributed by atoms with Gasteiger partial charge in [0.25, 0.3) is 5.69 Å². The minimum Gasteiger partial charge on any atom is -0.258 e. The maximum Gasteiger partial charge on any atom is 0.269 e.